The normalized spacial score (nSPS) is 27.8. The minimum atomic E-state index is -1.19. The van der Waals surface area contributed by atoms with Crippen LogP contribution in [0.1, 0.15) is 13.3 Å². The van der Waals surface area contributed by atoms with Gasteiger partial charge in [0, 0.05) is 0 Å². The van der Waals surface area contributed by atoms with Crippen LogP contribution in [0, 0.1) is 5.92 Å². The Morgan fingerprint density at radius 3 is 2.62 bits per heavy atom. The Morgan fingerprint density at radius 1 is 1.54 bits per heavy atom. The third-order valence-corrected chi connectivity index (χ3v) is 1.97. The predicted molar refractivity (Wildman–Crippen MR) is 41.9 cm³/mol. The first-order valence-electron chi connectivity index (χ1n) is 3.90. The van der Waals surface area contributed by atoms with Crippen LogP contribution >= 0.6 is 0 Å². The van der Waals surface area contributed by atoms with Gasteiger partial charge >= 0.3 is 12.0 Å². The van der Waals surface area contributed by atoms with Crippen molar-refractivity contribution in [3.8, 4) is 0 Å². The van der Waals surface area contributed by atoms with Gasteiger partial charge in [0.2, 0.25) is 5.91 Å². The van der Waals surface area contributed by atoms with Crippen molar-refractivity contribution in [1.29, 1.82) is 0 Å². The van der Waals surface area contributed by atoms with Crippen LogP contribution in [0.15, 0.2) is 0 Å². The maximum Gasteiger partial charge on any atom is 0.327 e. The van der Waals surface area contributed by atoms with E-state index >= 15 is 0 Å². The molecule has 0 aromatic heterocycles. The summed E-state index contributed by atoms with van der Waals surface area (Å²) in [5, 5.41) is 12.9. The second-order valence-corrected chi connectivity index (χ2v) is 2.79. The van der Waals surface area contributed by atoms with Gasteiger partial charge < -0.3 is 10.4 Å². The van der Waals surface area contributed by atoms with Crippen molar-refractivity contribution >= 4 is 17.9 Å². The van der Waals surface area contributed by atoms with Gasteiger partial charge in [0.05, 0.1) is 5.92 Å². The second kappa shape index (κ2) is 3.42. The van der Waals surface area contributed by atoms with Gasteiger partial charge in [-0.2, -0.15) is 0 Å². The zero-order valence-corrected chi connectivity index (χ0v) is 7.03. The summed E-state index contributed by atoms with van der Waals surface area (Å²) in [4.78, 5) is 32.5. The molecule has 0 unspecified atom stereocenters. The summed E-state index contributed by atoms with van der Waals surface area (Å²) in [6.07, 6.45) is 0.378. The topological polar surface area (TPSA) is 95.5 Å². The molecule has 13 heavy (non-hydrogen) atoms. The highest BCUT2D eigenvalue weighted by Crippen LogP contribution is 2.12. The van der Waals surface area contributed by atoms with E-state index in [0.717, 1.165) is 0 Å². The Bertz CT molecular complexity index is 263. The third kappa shape index (κ3) is 1.77. The number of aliphatic carboxylic acids is 1. The third-order valence-electron chi connectivity index (χ3n) is 1.97. The molecule has 1 saturated heterocycles. The Hall–Kier alpha value is -1.59. The minimum absolute atomic E-state index is 0.378. The molecule has 72 valence electrons. The van der Waals surface area contributed by atoms with Crippen LogP contribution < -0.4 is 10.6 Å². The first-order valence-corrected chi connectivity index (χ1v) is 3.90. The number of urea groups is 1. The van der Waals surface area contributed by atoms with E-state index in [9.17, 15) is 14.4 Å². The van der Waals surface area contributed by atoms with E-state index in [1.807, 2.05) is 5.32 Å². The summed E-state index contributed by atoms with van der Waals surface area (Å²) in [6, 6.07) is -1.85. The predicted octanol–water partition coefficient (Wildman–Crippen LogP) is -0.695. The molecule has 1 heterocycles. The van der Waals surface area contributed by atoms with Crippen LogP contribution in [-0.2, 0) is 9.59 Å². The fourth-order valence-corrected chi connectivity index (χ4v) is 1.29. The SMILES string of the molecule is CC[C@@H]1C(=O)NC(=O)N[C@@H]1C(=O)O. The number of hydrogen-bond donors (Lipinski definition) is 3. The van der Waals surface area contributed by atoms with Crippen molar-refractivity contribution < 1.29 is 19.5 Å². The van der Waals surface area contributed by atoms with Gasteiger partial charge in [0.25, 0.3) is 0 Å². The van der Waals surface area contributed by atoms with Crippen molar-refractivity contribution in [2.24, 2.45) is 5.92 Å². The summed E-state index contributed by atoms with van der Waals surface area (Å²) >= 11 is 0. The van der Waals surface area contributed by atoms with Crippen LogP contribution in [0.25, 0.3) is 0 Å². The van der Waals surface area contributed by atoms with Crippen LogP contribution in [0.2, 0.25) is 0 Å². The number of carboxylic acid groups (broad SMARTS) is 1. The van der Waals surface area contributed by atoms with Gasteiger partial charge in [-0.1, -0.05) is 6.92 Å². The number of amides is 3. The van der Waals surface area contributed by atoms with Crippen LogP contribution in [0.5, 0.6) is 0 Å². The number of rotatable bonds is 2. The summed E-state index contributed by atoms with van der Waals surface area (Å²) in [5.41, 5.74) is 0. The molecule has 0 radical (unpaired) electrons. The van der Waals surface area contributed by atoms with Gasteiger partial charge in [-0.05, 0) is 6.42 Å². The van der Waals surface area contributed by atoms with Crippen molar-refractivity contribution in [1.82, 2.24) is 10.6 Å². The number of nitrogens with one attached hydrogen (secondary N) is 2. The fourth-order valence-electron chi connectivity index (χ4n) is 1.29. The Morgan fingerprint density at radius 2 is 2.15 bits per heavy atom. The Labute approximate surface area is 74.3 Å². The molecule has 6 heteroatoms. The van der Waals surface area contributed by atoms with Crippen molar-refractivity contribution in [2.45, 2.75) is 19.4 Å². The molecule has 1 fully saturated rings. The summed E-state index contributed by atoms with van der Waals surface area (Å²) in [5.74, 6) is -2.40. The monoisotopic (exact) mass is 186 g/mol. The van der Waals surface area contributed by atoms with E-state index in [-0.39, 0.29) is 0 Å². The van der Waals surface area contributed by atoms with E-state index < -0.39 is 29.9 Å². The minimum Gasteiger partial charge on any atom is -0.480 e. The molecule has 3 amide bonds. The highest BCUT2D eigenvalue weighted by atomic mass is 16.4. The number of carbonyl (C=O) groups excluding carboxylic acids is 2. The number of hydrogen-bond acceptors (Lipinski definition) is 3. The molecule has 0 bridgehead atoms. The van der Waals surface area contributed by atoms with E-state index in [1.165, 1.54) is 0 Å². The molecule has 1 aliphatic rings. The summed E-state index contributed by atoms with van der Waals surface area (Å²) in [7, 11) is 0. The lowest BCUT2D eigenvalue weighted by Gasteiger charge is -2.27. The van der Waals surface area contributed by atoms with Crippen molar-refractivity contribution in [3.05, 3.63) is 0 Å². The van der Waals surface area contributed by atoms with Crippen molar-refractivity contribution in [2.75, 3.05) is 0 Å². The molecule has 0 saturated carbocycles. The standard InChI is InChI=1S/C7H10N2O4/c1-2-3-4(6(11)12)8-7(13)9-5(3)10/h3-4H,2H2,1H3,(H,11,12)(H2,8,9,10,13)/t3-,4-/m0/s1. The fraction of sp³-hybridized carbons (Fsp3) is 0.571. The van der Waals surface area contributed by atoms with E-state index in [1.54, 1.807) is 6.92 Å². The zero-order chi connectivity index (χ0) is 10.0. The molecule has 0 aromatic carbocycles. The van der Waals surface area contributed by atoms with Crippen LogP contribution in [-0.4, -0.2) is 29.1 Å². The highest BCUT2D eigenvalue weighted by Gasteiger charge is 2.38. The second-order valence-electron chi connectivity index (χ2n) is 2.79. The first-order chi connectivity index (χ1) is 6.06. The summed E-state index contributed by atoms with van der Waals surface area (Å²) < 4.78 is 0. The van der Waals surface area contributed by atoms with Crippen LogP contribution in [0.4, 0.5) is 4.79 Å². The molecule has 6 nitrogen and oxygen atoms in total. The molecule has 1 aliphatic heterocycles. The molecule has 2 atom stereocenters. The molecule has 0 spiro atoms. The Kier molecular flexibility index (Phi) is 2.50. The zero-order valence-electron chi connectivity index (χ0n) is 7.03. The largest absolute Gasteiger partial charge is 0.480 e. The van der Waals surface area contributed by atoms with Gasteiger partial charge in [-0.25, -0.2) is 9.59 Å². The average molecular weight is 186 g/mol. The van der Waals surface area contributed by atoms with E-state index in [2.05, 4.69) is 5.32 Å². The first kappa shape index (κ1) is 9.50. The lowest BCUT2D eigenvalue weighted by Crippen LogP contribution is -2.60. The van der Waals surface area contributed by atoms with Gasteiger partial charge in [0.15, 0.2) is 0 Å². The van der Waals surface area contributed by atoms with Crippen LogP contribution in [0.3, 0.4) is 0 Å². The molecule has 0 aliphatic carbocycles. The van der Waals surface area contributed by atoms with E-state index in [4.69, 9.17) is 5.11 Å². The number of carbonyl (C=O) groups is 3. The lowest BCUT2D eigenvalue weighted by molar-refractivity contribution is -0.144. The van der Waals surface area contributed by atoms with Gasteiger partial charge in [-0.15, -0.1) is 0 Å². The Balaban J connectivity index is 2.83. The lowest BCUT2D eigenvalue weighted by atomic mass is 9.94. The van der Waals surface area contributed by atoms with E-state index in [0.29, 0.717) is 6.42 Å². The summed E-state index contributed by atoms with van der Waals surface area (Å²) in [6.45, 7) is 1.69. The molecule has 0 aromatic rings. The molecule has 1 rings (SSSR count). The molecule has 3 N–H and O–H groups in total. The number of carboxylic acids is 1. The average Bonchev–Trinajstić information content (AvgIpc) is 2.02. The van der Waals surface area contributed by atoms with Gasteiger partial charge in [-0.3, -0.25) is 10.1 Å². The van der Waals surface area contributed by atoms with Gasteiger partial charge in [0.1, 0.15) is 6.04 Å². The smallest absolute Gasteiger partial charge is 0.327 e. The maximum absolute atomic E-state index is 11.1. The quantitative estimate of drug-likeness (QED) is 0.531. The van der Waals surface area contributed by atoms with Crippen molar-refractivity contribution in [3.63, 3.8) is 0 Å². The maximum atomic E-state index is 11.1. The molecular weight excluding hydrogens is 176 g/mol. The number of imide groups is 1. The highest BCUT2D eigenvalue weighted by molar-refractivity contribution is 6.02. The molecular formula is C7H10N2O4.